The minimum absolute atomic E-state index is 0.00901. The number of likely N-dealkylation sites (tertiary alicyclic amines) is 1. The Bertz CT molecular complexity index is 778. The Morgan fingerprint density at radius 2 is 2.10 bits per heavy atom. The van der Waals surface area contributed by atoms with Gasteiger partial charge >= 0.3 is 0 Å². The van der Waals surface area contributed by atoms with E-state index in [9.17, 15) is 4.79 Å². The number of carbonyl (C=O) groups is 1. The van der Waals surface area contributed by atoms with Crippen molar-refractivity contribution in [2.75, 3.05) is 20.2 Å². The Balaban J connectivity index is 1.57. The molecule has 0 saturated carbocycles. The summed E-state index contributed by atoms with van der Waals surface area (Å²) in [5.74, 6) is 2.29. The van der Waals surface area contributed by atoms with Crippen LogP contribution in [-0.2, 0) is 9.53 Å². The molecule has 6 heteroatoms. The van der Waals surface area contributed by atoms with Crippen LogP contribution in [0.1, 0.15) is 52.2 Å². The molecule has 160 valence electrons. The van der Waals surface area contributed by atoms with Gasteiger partial charge in [0.15, 0.2) is 11.5 Å². The molecule has 2 fully saturated rings. The van der Waals surface area contributed by atoms with Gasteiger partial charge in [0.25, 0.3) is 0 Å². The first-order valence-electron chi connectivity index (χ1n) is 10.8. The first kappa shape index (κ1) is 20.5. The quantitative estimate of drug-likeness (QED) is 0.841. The smallest absolute Gasteiger partial charge is 0.239 e. The molecule has 0 aliphatic carbocycles. The van der Waals surface area contributed by atoms with Gasteiger partial charge in [-0.15, -0.1) is 0 Å². The minimum Gasteiger partial charge on any atom is -0.493 e. The lowest BCUT2D eigenvalue weighted by atomic mass is 9.70. The van der Waals surface area contributed by atoms with E-state index in [1.54, 1.807) is 7.11 Å². The number of nitrogens with zero attached hydrogens (tertiary/aromatic N) is 1. The third-order valence-electron chi connectivity index (χ3n) is 7.02. The van der Waals surface area contributed by atoms with Crippen LogP contribution in [0.4, 0.5) is 0 Å². The second-order valence-corrected chi connectivity index (χ2v) is 9.62. The van der Waals surface area contributed by atoms with Crippen molar-refractivity contribution in [2.45, 2.75) is 64.4 Å². The van der Waals surface area contributed by atoms with Crippen molar-refractivity contribution in [3.05, 3.63) is 23.8 Å². The van der Waals surface area contributed by atoms with Crippen molar-refractivity contribution in [2.24, 2.45) is 23.5 Å². The topological polar surface area (TPSA) is 74.0 Å². The van der Waals surface area contributed by atoms with Gasteiger partial charge in [-0.1, -0.05) is 26.0 Å². The largest absolute Gasteiger partial charge is 0.493 e. The van der Waals surface area contributed by atoms with Gasteiger partial charge in [-0.25, -0.2) is 0 Å². The van der Waals surface area contributed by atoms with Crippen molar-refractivity contribution in [1.29, 1.82) is 0 Å². The Morgan fingerprint density at radius 1 is 1.34 bits per heavy atom. The highest BCUT2D eigenvalue weighted by Gasteiger charge is 2.52. The Labute approximate surface area is 173 Å². The number of piperidine rings is 1. The van der Waals surface area contributed by atoms with E-state index in [4.69, 9.17) is 19.9 Å². The number of hydrogen-bond donors (Lipinski definition) is 1. The van der Waals surface area contributed by atoms with E-state index in [1.807, 2.05) is 30.9 Å². The second kappa shape index (κ2) is 7.47. The summed E-state index contributed by atoms with van der Waals surface area (Å²) in [4.78, 5) is 14.7. The normalized spacial score (nSPS) is 31.2. The molecule has 29 heavy (non-hydrogen) atoms. The van der Waals surface area contributed by atoms with Crippen molar-refractivity contribution in [3.8, 4) is 11.5 Å². The molecule has 2 saturated heterocycles. The van der Waals surface area contributed by atoms with E-state index in [0.717, 1.165) is 29.9 Å². The molecule has 3 aliphatic rings. The van der Waals surface area contributed by atoms with Crippen LogP contribution in [-0.4, -0.2) is 48.8 Å². The van der Waals surface area contributed by atoms with Gasteiger partial charge < -0.3 is 24.8 Å². The Kier molecular flexibility index (Phi) is 5.28. The number of para-hydroxylation sites is 1. The maximum Gasteiger partial charge on any atom is 0.239 e. The Hall–Kier alpha value is -1.79. The molecule has 0 aromatic heterocycles. The maximum absolute atomic E-state index is 12.8. The number of fused-ring (bicyclic) bond motifs is 4. The molecule has 5 atom stereocenters. The van der Waals surface area contributed by atoms with Gasteiger partial charge in [0.05, 0.1) is 25.4 Å². The van der Waals surface area contributed by atoms with Gasteiger partial charge in [-0.05, 0) is 38.7 Å². The van der Waals surface area contributed by atoms with E-state index in [-0.39, 0.29) is 35.6 Å². The number of ether oxygens (including phenoxy) is 3. The second-order valence-electron chi connectivity index (χ2n) is 9.62. The fourth-order valence-electron chi connectivity index (χ4n) is 5.15. The molecule has 4 rings (SSSR count). The molecule has 0 bridgehead atoms. The predicted molar refractivity (Wildman–Crippen MR) is 111 cm³/mol. The van der Waals surface area contributed by atoms with E-state index in [2.05, 4.69) is 19.9 Å². The van der Waals surface area contributed by atoms with E-state index in [1.165, 1.54) is 0 Å². The zero-order chi connectivity index (χ0) is 20.9. The number of amides is 1. The van der Waals surface area contributed by atoms with Crippen LogP contribution in [0.25, 0.3) is 0 Å². The number of hydrogen-bond acceptors (Lipinski definition) is 5. The van der Waals surface area contributed by atoms with Gasteiger partial charge in [0.2, 0.25) is 5.91 Å². The van der Waals surface area contributed by atoms with Crippen LogP contribution in [0.3, 0.4) is 0 Å². The van der Waals surface area contributed by atoms with Gasteiger partial charge in [-0.3, -0.25) is 4.79 Å². The summed E-state index contributed by atoms with van der Waals surface area (Å²) in [7, 11) is 1.67. The average molecular weight is 403 g/mol. The highest BCUT2D eigenvalue weighted by atomic mass is 16.5. The van der Waals surface area contributed by atoms with E-state index < -0.39 is 6.04 Å². The molecule has 3 aliphatic heterocycles. The summed E-state index contributed by atoms with van der Waals surface area (Å²) in [6.07, 6.45) is 1.97. The minimum atomic E-state index is -0.433. The number of carbonyl (C=O) groups excluding carboxylic acids is 1. The highest BCUT2D eigenvalue weighted by Crippen LogP contribution is 2.55. The van der Waals surface area contributed by atoms with Crippen LogP contribution in [0.2, 0.25) is 0 Å². The molecule has 1 aromatic carbocycles. The standard InChI is InChI=1S/C23H34N2O4/c1-13(2)19(24)22(26)25-10-9-17-14(12-25)11-16-20(28-17)15-7-6-8-18(27-5)21(15)29-23(16,3)4/h6-8,13-14,16-17,19-20H,9-12,24H2,1-5H3/t14-,16+,17+,19+,20-/m0/s1. The van der Waals surface area contributed by atoms with Gasteiger partial charge in [-0.2, -0.15) is 0 Å². The zero-order valence-corrected chi connectivity index (χ0v) is 18.2. The summed E-state index contributed by atoms with van der Waals surface area (Å²) >= 11 is 0. The number of benzene rings is 1. The lowest BCUT2D eigenvalue weighted by molar-refractivity contribution is -0.189. The van der Waals surface area contributed by atoms with Crippen molar-refractivity contribution >= 4 is 5.91 Å². The molecule has 3 heterocycles. The van der Waals surface area contributed by atoms with E-state index >= 15 is 0 Å². The van der Waals surface area contributed by atoms with Crippen LogP contribution >= 0.6 is 0 Å². The highest BCUT2D eigenvalue weighted by molar-refractivity contribution is 5.82. The van der Waals surface area contributed by atoms with Gasteiger partial charge in [0, 0.05) is 30.5 Å². The Morgan fingerprint density at radius 3 is 2.79 bits per heavy atom. The summed E-state index contributed by atoms with van der Waals surface area (Å²) < 4.78 is 18.7. The fraction of sp³-hybridized carbons (Fsp3) is 0.696. The molecular weight excluding hydrogens is 368 g/mol. The van der Waals surface area contributed by atoms with Crippen LogP contribution in [0.15, 0.2) is 18.2 Å². The summed E-state index contributed by atoms with van der Waals surface area (Å²) in [5.41, 5.74) is 6.83. The lowest BCUT2D eigenvalue weighted by Gasteiger charge is -2.53. The maximum atomic E-state index is 12.8. The molecule has 0 radical (unpaired) electrons. The van der Waals surface area contributed by atoms with Crippen molar-refractivity contribution in [1.82, 2.24) is 4.90 Å². The first-order valence-corrected chi connectivity index (χ1v) is 10.8. The number of nitrogens with two attached hydrogens (primary N) is 1. The lowest BCUT2D eigenvalue weighted by Crippen LogP contribution is -2.58. The summed E-state index contributed by atoms with van der Waals surface area (Å²) in [6.45, 7) is 9.68. The summed E-state index contributed by atoms with van der Waals surface area (Å²) in [6, 6.07) is 5.59. The third kappa shape index (κ3) is 3.50. The molecule has 0 spiro atoms. The number of methoxy groups -OCH3 is 1. The summed E-state index contributed by atoms with van der Waals surface area (Å²) in [5, 5.41) is 0. The molecule has 0 unspecified atom stereocenters. The van der Waals surface area contributed by atoms with Crippen molar-refractivity contribution in [3.63, 3.8) is 0 Å². The van der Waals surface area contributed by atoms with Crippen LogP contribution in [0, 0.1) is 17.8 Å². The third-order valence-corrected chi connectivity index (χ3v) is 7.02. The monoisotopic (exact) mass is 402 g/mol. The SMILES string of the molecule is COc1cccc2c1OC(C)(C)[C@@H]1C[C@H]3CN(C(=O)[C@H](N)C(C)C)CC[C@H]3O[C@@H]21. The average Bonchev–Trinajstić information content (AvgIpc) is 2.70. The van der Waals surface area contributed by atoms with Crippen LogP contribution in [0.5, 0.6) is 11.5 Å². The molecule has 6 nitrogen and oxygen atoms in total. The van der Waals surface area contributed by atoms with E-state index in [0.29, 0.717) is 19.0 Å². The number of rotatable bonds is 3. The molecular formula is C23H34N2O4. The molecule has 1 aromatic rings. The molecule has 2 N–H and O–H groups in total. The van der Waals surface area contributed by atoms with Crippen molar-refractivity contribution < 1.29 is 19.0 Å². The molecule has 1 amide bonds. The predicted octanol–water partition coefficient (Wildman–Crippen LogP) is 3.14. The zero-order valence-electron chi connectivity index (χ0n) is 18.2. The van der Waals surface area contributed by atoms with Gasteiger partial charge in [0.1, 0.15) is 5.60 Å². The fourth-order valence-corrected chi connectivity index (χ4v) is 5.15. The van der Waals surface area contributed by atoms with Crippen LogP contribution < -0.4 is 15.2 Å². The first-order chi connectivity index (χ1) is 13.7.